The Morgan fingerprint density at radius 2 is 1.51 bits per heavy atom. The average molecular weight is 667 g/mol. The lowest BCUT2D eigenvalue weighted by atomic mass is 9.82. The van der Waals surface area contributed by atoms with Crippen molar-refractivity contribution in [3.63, 3.8) is 0 Å². The molecule has 2 aliphatic carbocycles. The number of imidazole rings is 2. The number of halogens is 1. The Labute approximate surface area is 285 Å². The number of likely N-dealkylation sites (tertiary alicyclic amines) is 2. The van der Waals surface area contributed by atoms with Gasteiger partial charge in [0.05, 0.1) is 29.0 Å². The predicted octanol–water partition coefficient (Wildman–Crippen LogP) is 7.99. The highest BCUT2D eigenvalue weighted by atomic mass is 19.1. The Bertz CT molecular complexity index is 1980. The molecule has 11 heteroatoms. The summed E-state index contributed by atoms with van der Waals surface area (Å²) in [5.41, 5.74) is 4.04. The van der Waals surface area contributed by atoms with Gasteiger partial charge in [0.1, 0.15) is 28.4 Å². The van der Waals surface area contributed by atoms with Crippen molar-refractivity contribution < 1.29 is 23.5 Å². The first-order valence-corrected chi connectivity index (χ1v) is 17.1. The molecule has 256 valence electrons. The van der Waals surface area contributed by atoms with Gasteiger partial charge < -0.3 is 19.4 Å². The van der Waals surface area contributed by atoms with Crippen LogP contribution in [-0.2, 0) is 9.47 Å². The minimum Gasteiger partial charge on any atom is -0.444 e. The lowest BCUT2D eigenvalue weighted by Gasteiger charge is -2.27. The van der Waals surface area contributed by atoms with Crippen molar-refractivity contribution in [2.75, 3.05) is 13.1 Å². The second-order valence-corrected chi connectivity index (χ2v) is 15.2. The molecule has 0 saturated carbocycles. The maximum atomic E-state index is 15.3. The number of aromatic amines is 2. The molecular weight excluding hydrogens is 623 g/mol. The maximum Gasteiger partial charge on any atom is 0.410 e. The Balaban J connectivity index is 1.06. The van der Waals surface area contributed by atoms with Crippen molar-refractivity contribution in [2.24, 2.45) is 0 Å². The van der Waals surface area contributed by atoms with Crippen LogP contribution in [0.4, 0.5) is 14.0 Å². The van der Waals surface area contributed by atoms with Crippen LogP contribution in [0.3, 0.4) is 0 Å². The van der Waals surface area contributed by atoms with Crippen molar-refractivity contribution in [1.29, 1.82) is 0 Å². The van der Waals surface area contributed by atoms with Crippen LogP contribution in [0.15, 0.2) is 41.5 Å². The van der Waals surface area contributed by atoms with Crippen LogP contribution < -0.4 is 0 Å². The van der Waals surface area contributed by atoms with E-state index in [0.717, 1.165) is 60.5 Å². The molecule has 2 amide bonds. The minimum atomic E-state index is -0.608. The number of rotatable bonds is 2. The largest absolute Gasteiger partial charge is 0.444 e. The third kappa shape index (κ3) is 6.74. The highest BCUT2D eigenvalue weighted by molar-refractivity contribution is 5.78. The van der Waals surface area contributed by atoms with Crippen molar-refractivity contribution in [2.45, 2.75) is 103 Å². The molecule has 7 rings (SSSR count). The number of carbonyl (C=O) groups is 2. The number of aromatic nitrogens is 4. The second-order valence-electron chi connectivity index (χ2n) is 15.2. The standard InChI is InChI=1S/C38H43FN6O4/c1-37(2,3)48-35(46)44-17-7-9-29(44)33-40-27-16-14-24-19-22(13-15-25(24)31(27)42-33)11-12-23-20-26(39)32-28(21-23)41-34(43-32)30-10-8-18-45(30)36(47)49-38(4,5)6/h13-14,16,19-21,25,29-30H,7-10,15,17-18H2,1-6H3,(H,40,42)(H,41,43)/t25?,29-,30-/m0/s1. The van der Waals surface area contributed by atoms with Gasteiger partial charge in [0.25, 0.3) is 0 Å². The number of benzene rings is 1. The van der Waals surface area contributed by atoms with Crippen molar-refractivity contribution in [3.05, 3.63) is 75.9 Å². The van der Waals surface area contributed by atoms with E-state index in [1.165, 1.54) is 6.07 Å². The molecule has 2 saturated heterocycles. The van der Waals surface area contributed by atoms with Gasteiger partial charge in [0, 0.05) is 30.1 Å². The van der Waals surface area contributed by atoms with Crippen LogP contribution in [0.5, 0.6) is 0 Å². The first-order valence-electron chi connectivity index (χ1n) is 17.1. The molecule has 0 spiro atoms. The highest BCUT2D eigenvalue weighted by Crippen LogP contribution is 2.41. The minimum absolute atomic E-state index is 0.108. The second kappa shape index (κ2) is 12.2. The summed E-state index contributed by atoms with van der Waals surface area (Å²) in [4.78, 5) is 45.4. The summed E-state index contributed by atoms with van der Waals surface area (Å²) in [7, 11) is 0. The number of H-pyrrole nitrogens is 2. The molecular formula is C38H43FN6O4. The van der Waals surface area contributed by atoms with E-state index in [4.69, 9.17) is 14.5 Å². The monoisotopic (exact) mass is 666 g/mol. The van der Waals surface area contributed by atoms with E-state index in [1.54, 1.807) is 15.9 Å². The third-order valence-corrected chi connectivity index (χ3v) is 9.16. The Hall–Kier alpha value is -4.85. The van der Waals surface area contributed by atoms with Gasteiger partial charge in [0.15, 0.2) is 5.82 Å². The summed E-state index contributed by atoms with van der Waals surface area (Å²) in [6.07, 6.45) is 11.6. The molecule has 0 bridgehead atoms. The van der Waals surface area contributed by atoms with E-state index < -0.39 is 23.1 Å². The van der Waals surface area contributed by atoms with Crippen molar-refractivity contribution >= 4 is 29.3 Å². The molecule has 2 fully saturated rings. The fourth-order valence-electron chi connectivity index (χ4n) is 7.05. The van der Waals surface area contributed by atoms with Gasteiger partial charge in [-0.05, 0) is 104 Å². The average Bonchev–Trinajstić information content (AvgIpc) is 3.83. The highest BCUT2D eigenvalue weighted by Gasteiger charge is 2.37. The SMILES string of the molecule is CC(C)(C)OC(=O)N1CCC[C@H]1c1nc2c([nH]1)C1CC=C(C#Cc3cc(F)c4nc([C@@H]5CCCN5C(=O)OC(C)(C)C)[nH]c4c3)C=C1C=C2. The molecule has 49 heavy (non-hydrogen) atoms. The Morgan fingerprint density at radius 3 is 2.14 bits per heavy atom. The summed E-state index contributed by atoms with van der Waals surface area (Å²) in [6, 6.07) is 2.76. The number of fused-ring (bicyclic) bond motifs is 4. The molecule has 10 nitrogen and oxygen atoms in total. The van der Waals surface area contributed by atoms with Crippen LogP contribution in [-0.4, -0.2) is 66.2 Å². The Morgan fingerprint density at radius 1 is 0.878 bits per heavy atom. The van der Waals surface area contributed by atoms with Gasteiger partial charge in [-0.2, -0.15) is 0 Å². The Kier molecular flexibility index (Phi) is 8.16. The van der Waals surface area contributed by atoms with Gasteiger partial charge in [0.2, 0.25) is 0 Å². The van der Waals surface area contributed by atoms with Gasteiger partial charge in [-0.3, -0.25) is 9.80 Å². The lowest BCUT2D eigenvalue weighted by Crippen LogP contribution is -2.36. The molecule has 0 radical (unpaired) electrons. The number of ether oxygens (including phenoxy) is 2. The fraction of sp³-hybridized carbons (Fsp3) is 0.474. The van der Waals surface area contributed by atoms with Gasteiger partial charge in [-0.1, -0.05) is 24.0 Å². The number of amides is 2. The molecule has 1 unspecified atom stereocenters. The van der Waals surface area contributed by atoms with Gasteiger partial charge >= 0.3 is 12.2 Å². The molecule has 2 aromatic heterocycles. The molecule has 2 aliphatic heterocycles. The number of allylic oxidation sites excluding steroid dienone is 5. The zero-order valence-electron chi connectivity index (χ0n) is 28.9. The molecule has 1 aromatic carbocycles. The first-order chi connectivity index (χ1) is 23.2. The number of carbonyl (C=O) groups excluding carboxylic acids is 2. The third-order valence-electron chi connectivity index (χ3n) is 9.16. The van der Waals surface area contributed by atoms with E-state index in [9.17, 15) is 9.59 Å². The number of hydrogen-bond acceptors (Lipinski definition) is 6. The molecule has 4 heterocycles. The van der Waals surface area contributed by atoms with E-state index in [2.05, 4.69) is 45.0 Å². The molecule has 2 N–H and O–H groups in total. The summed E-state index contributed by atoms with van der Waals surface area (Å²) < 4.78 is 26.5. The quantitative estimate of drug-likeness (QED) is 0.268. The summed E-state index contributed by atoms with van der Waals surface area (Å²) in [6.45, 7) is 12.3. The topological polar surface area (TPSA) is 116 Å². The predicted molar refractivity (Wildman–Crippen MR) is 184 cm³/mol. The maximum absolute atomic E-state index is 15.3. The van der Waals surface area contributed by atoms with E-state index >= 15 is 4.39 Å². The van der Waals surface area contributed by atoms with Gasteiger partial charge in [-0.25, -0.2) is 23.9 Å². The van der Waals surface area contributed by atoms with Crippen LogP contribution in [0.2, 0.25) is 0 Å². The fourth-order valence-corrected chi connectivity index (χ4v) is 7.05. The molecule has 3 aromatic rings. The van der Waals surface area contributed by atoms with Gasteiger partial charge in [-0.15, -0.1) is 0 Å². The smallest absolute Gasteiger partial charge is 0.410 e. The van der Waals surface area contributed by atoms with Crippen molar-refractivity contribution in [1.82, 2.24) is 29.7 Å². The lowest BCUT2D eigenvalue weighted by molar-refractivity contribution is 0.0208. The number of nitrogens with zero attached hydrogens (tertiary/aromatic N) is 4. The summed E-state index contributed by atoms with van der Waals surface area (Å²) in [5.74, 6) is 7.34. The van der Waals surface area contributed by atoms with E-state index in [-0.39, 0.29) is 29.6 Å². The number of nitrogens with one attached hydrogen (secondary N) is 2. The molecule has 4 aliphatic rings. The summed E-state index contributed by atoms with van der Waals surface area (Å²) >= 11 is 0. The molecule has 3 atom stereocenters. The van der Waals surface area contributed by atoms with Crippen LogP contribution in [0.25, 0.3) is 17.1 Å². The zero-order valence-corrected chi connectivity index (χ0v) is 28.9. The zero-order chi connectivity index (χ0) is 34.7. The summed E-state index contributed by atoms with van der Waals surface area (Å²) in [5, 5.41) is 0. The van der Waals surface area contributed by atoms with E-state index in [0.29, 0.717) is 30.0 Å². The van der Waals surface area contributed by atoms with E-state index in [1.807, 2.05) is 47.6 Å². The van der Waals surface area contributed by atoms with Crippen LogP contribution in [0.1, 0.15) is 120 Å². The van der Waals surface area contributed by atoms with Crippen LogP contribution >= 0.6 is 0 Å². The van der Waals surface area contributed by atoms with Crippen molar-refractivity contribution in [3.8, 4) is 11.8 Å². The number of hydrogen-bond donors (Lipinski definition) is 2. The van der Waals surface area contributed by atoms with Crippen LogP contribution in [0, 0.1) is 17.7 Å². The first kappa shape index (κ1) is 32.7. The normalized spacial score (nSPS) is 21.9.